The van der Waals surface area contributed by atoms with Gasteiger partial charge >= 0.3 is 0 Å². The summed E-state index contributed by atoms with van der Waals surface area (Å²) in [6.07, 6.45) is 9.22. The molecule has 0 saturated heterocycles. The monoisotopic (exact) mass is 218 g/mol. The first-order valence-corrected chi connectivity index (χ1v) is 6.22. The lowest BCUT2D eigenvalue weighted by atomic mass is 10.1. The Morgan fingerprint density at radius 2 is 1.94 bits per heavy atom. The molecule has 0 fully saturated rings. The molecule has 1 nitrogen and oxygen atoms in total. The average Bonchev–Trinajstić information content (AvgIpc) is 2.31. The molecule has 0 heterocycles. The van der Waals surface area contributed by atoms with Crippen LogP contribution < -0.4 is 0 Å². The molecule has 88 valence electrons. The van der Waals surface area contributed by atoms with Crippen molar-refractivity contribution in [3.05, 3.63) is 42.0 Å². The summed E-state index contributed by atoms with van der Waals surface area (Å²) in [6, 6.07) is 10.2. The fraction of sp³-hybridized carbons (Fsp3) is 0.467. The van der Waals surface area contributed by atoms with Gasteiger partial charge in [-0.1, -0.05) is 68.7 Å². The maximum absolute atomic E-state index is 9.70. The minimum Gasteiger partial charge on any atom is -0.393 e. The maximum Gasteiger partial charge on any atom is 0.0574 e. The van der Waals surface area contributed by atoms with Crippen molar-refractivity contribution < 1.29 is 5.11 Å². The van der Waals surface area contributed by atoms with Gasteiger partial charge in [0.05, 0.1) is 6.10 Å². The first-order valence-electron chi connectivity index (χ1n) is 6.22. The van der Waals surface area contributed by atoms with Crippen molar-refractivity contribution in [3.63, 3.8) is 0 Å². The summed E-state index contributed by atoms with van der Waals surface area (Å²) in [6.45, 7) is 2.18. The van der Waals surface area contributed by atoms with E-state index in [1.54, 1.807) is 0 Å². The Hall–Kier alpha value is -1.08. The fourth-order valence-electron chi connectivity index (χ4n) is 1.67. The standard InChI is InChI=1S/C15H22O/c1-2-3-5-12-15(16)13-8-11-14-9-6-4-7-10-14/h4,6-11,15-16H,2-3,5,12-13H2,1H3. The molecule has 1 N–H and O–H groups in total. The van der Waals surface area contributed by atoms with Gasteiger partial charge in [0, 0.05) is 0 Å². The zero-order valence-corrected chi connectivity index (χ0v) is 10.1. The van der Waals surface area contributed by atoms with Crippen molar-refractivity contribution in [2.24, 2.45) is 0 Å². The molecule has 0 aliphatic carbocycles. The van der Waals surface area contributed by atoms with E-state index in [4.69, 9.17) is 0 Å². The van der Waals surface area contributed by atoms with Gasteiger partial charge in [0.15, 0.2) is 0 Å². The van der Waals surface area contributed by atoms with Crippen LogP contribution in [0.5, 0.6) is 0 Å². The van der Waals surface area contributed by atoms with Crippen molar-refractivity contribution in [1.29, 1.82) is 0 Å². The van der Waals surface area contributed by atoms with Crippen molar-refractivity contribution in [1.82, 2.24) is 0 Å². The van der Waals surface area contributed by atoms with Crippen LogP contribution in [0.25, 0.3) is 6.08 Å². The molecule has 0 bridgehead atoms. The predicted molar refractivity (Wildman–Crippen MR) is 70.2 cm³/mol. The SMILES string of the molecule is CCCCCC(O)CC=Cc1ccccc1. The molecule has 0 aromatic heterocycles. The van der Waals surface area contributed by atoms with Crippen molar-refractivity contribution in [2.75, 3.05) is 0 Å². The third kappa shape index (κ3) is 5.72. The normalized spacial score (nSPS) is 13.1. The Morgan fingerprint density at radius 3 is 2.62 bits per heavy atom. The van der Waals surface area contributed by atoms with E-state index >= 15 is 0 Å². The zero-order chi connectivity index (χ0) is 11.6. The Labute approximate surface area is 98.8 Å². The summed E-state index contributed by atoms with van der Waals surface area (Å²) in [5, 5.41) is 9.70. The Bertz CT molecular complexity index is 290. The molecule has 1 unspecified atom stereocenters. The second kappa shape index (κ2) is 8.12. The summed E-state index contributed by atoms with van der Waals surface area (Å²) in [5.41, 5.74) is 1.20. The molecule has 1 heteroatoms. The van der Waals surface area contributed by atoms with Crippen LogP contribution in [0.2, 0.25) is 0 Å². The molecular formula is C15H22O. The highest BCUT2D eigenvalue weighted by Crippen LogP contribution is 2.08. The topological polar surface area (TPSA) is 20.2 Å². The van der Waals surface area contributed by atoms with Gasteiger partial charge in [0.2, 0.25) is 0 Å². The van der Waals surface area contributed by atoms with Crippen LogP contribution in [0.15, 0.2) is 36.4 Å². The molecule has 0 radical (unpaired) electrons. The third-order valence-corrected chi connectivity index (χ3v) is 2.66. The molecule has 1 rings (SSSR count). The third-order valence-electron chi connectivity index (χ3n) is 2.66. The van der Waals surface area contributed by atoms with Crippen molar-refractivity contribution >= 4 is 6.08 Å². The zero-order valence-electron chi connectivity index (χ0n) is 10.1. The Kier molecular flexibility index (Phi) is 6.59. The van der Waals surface area contributed by atoms with Crippen molar-refractivity contribution in [3.8, 4) is 0 Å². The van der Waals surface area contributed by atoms with E-state index in [1.165, 1.54) is 18.4 Å². The van der Waals surface area contributed by atoms with E-state index in [9.17, 15) is 5.11 Å². The average molecular weight is 218 g/mol. The fourth-order valence-corrected chi connectivity index (χ4v) is 1.67. The van der Waals surface area contributed by atoms with E-state index in [0.29, 0.717) is 0 Å². The quantitative estimate of drug-likeness (QED) is 0.685. The summed E-state index contributed by atoms with van der Waals surface area (Å²) in [5.74, 6) is 0. The van der Waals surface area contributed by atoms with E-state index in [-0.39, 0.29) is 6.10 Å². The van der Waals surface area contributed by atoms with Crippen LogP contribution in [0.1, 0.15) is 44.6 Å². The van der Waals surface area contributed by atoms with E-state index in [2.05, 4.69) is 31.2 Å². The van der Waals surface area contributed by atoms with Crippen LogP contribution in [0.4, 0.5) is 0 Å². The number of rotatable bonds is 7. The second-order valence-electron chi connectivity index (χ2n) is 4.20. The molecule has 1 aromatic carbocycles. The molecule has 0 amide bonds. The van der Waals surface area contributed by atoms with Gasteiger partial charge < -0.3 is 5.11 Å². The Balaban J connectivity index is 2.21. The highest BCUT2D eigenvalue weighted by molar-refractivity contribution is 5.48. The van der Waals surface area contributed by atoms with E-state index in [1.807, 2.05) is 18.2 Å². The maximum atomic E-state index is 9.70. The smallest absolute Gasteiger partial charge is 0.0574 e. The molecule has 0 aliphatic heterocycles. The van der Waals surface area contributed by atoms with Gasteiger partial charge in [-0.05, 0) is 18.4 Å². The van der Waals surface area contributed by atoms with Crippen LogP contribution in [-0.2, 0) is 0 Å². The first-order chi connectivity index (χ1) is 7.83. The lowest BCUT2D eigenvalue weighted by molar-refractivity contribution is 0.164. The minimum atomic E-state index is -0.175. The lowest BCUT2D eigenvalue weighted by Crippen LogP contribution is -2.03. The molecule has 0 saturated carbocycles. The number of aliphatic hydroxyl groups excluding tert-OH is 1. The van der Waals surface area contributed by atoms with E-state index in [0.717, 1.165) is 19.3 Å². The Morgan fingerprint density at radius 1 is 1.19 bits per heavy atom. The van der Waals surface area contributed by atoms with Gasteiger partial charge in [0.25, 0.3) is 0 Å². The second-order valence-corrected chi connectivity index (χ2v) is 4.20. The highest BCUT2D eigenvalue weighted by atomic mass is 16.3. The van der Waals surface area contributed by atoms with Crippen LogP contribution in [0, 0.1) is 0 Å². The van der Waals surface area contributed by atoms with E-state index < -0.39 is 0 Å². The minimum absolute atomic E-state index is 0.175. The van der Waals surface area contributed by atoms with Crippen LogP contribution >= 0.6 is 0 Å². The molecule has 0 spiro atoms. The van der Waals surface area contributed by atoms with Crippen molar-refractivity contribution in [2.45, 2.75) is 45.1 Å². The number of hydrogen-bond acceptors (Lipinski definition) is 1. The summed E-state index contributed by atoms with van der Waals surface area (Å²) in [4.78, 5) is 0. The van der Waals surface area contributed by atoms with Gasteiger partial charge in [0.1, 0.15) is 0 Å². The molecule has 0 aliphatic rings. The lowest BCUT2D eigenvalue weighted by Gasteiger charge is -2.06. The number of unbranched alkanes of at least 4 members (excludes halogenated alkanes) is 2. The van der Waals surface area contributed by atoms with Gasteiger partial charge in [-0.25, -0.2) is 0 Å². The number of benzene rings is 1. The highest BCUT2D eigenvalue weighted by Gasteiger charge is 2.00. The van der Waals surface area contributed by atoms with Gasteiger partial charge in [-0.3, -0.25) is 0 Å². The largest absolute Gasteiger partial charge is 0.393 e. The molecule has 1 atom stereocenters. The summed E-state index contributed by atoms with van der Waals surface area (Å²) >= 11 is 0. The van der Waals surface area contributed by atoms with Crippen LogP contribution in [0.3, 0.4) is 0 Å². The predicted octanol–water partition coefficient (Wildman–Crippen LogP) is 4.03. The summed E-state index contributed by atoms with van der Waals surface area (Å²) in [7, 11) is 0. The summed E-state index contributed by atoms with van der Waals surface area (Å²) < 4.78 is 0. The number of aliphatic hydroxyl groups is 1. The van der Waals surface area contributed by atoms with Gasteiger partial charge in [-0.15, -0.1) is 0 Å². The van der Waals surface area contributed by atoms with Gasteiger partial charge in [-0.2, -0.15) is 0 Å². The first kappa shape index (κ1) is 13.0. The molecular weight excluding hydrogens is 196 g/mol. The number of hydrogen-bond donors (Lipinski definition) is 1. The van der Waals surface area contributed by atoms with Crippen LogP contribution in [-0.4, -0.2) is 11.2 Å². The molecule has 1 aromatic rings. The molecule has 16 heavy (non-hydrogen) atoms.